The van der Waals surface area contributed by atoms with Crippen LogP contribution in [0.15, 0.2) is 0 Å². The van der Waals surface area contributed by atoms with Gasteiger partial charge in [0.05, 0.1) is 13.2 Å². The Morgan fingerprint density at radius 3 is 3.22 bits per heavy atom. The molecule has 0 bridgehead atoms. The summed E-state index contributed by atoms with van der Waals surface area (Å²) in [6, 6.07) is 0. The van der Waals surface area contributed by atoms with Crippen LogP contribution in [0.1, 0.15) is 0 Å². The van der Waals surface area contributed by atoms with Crippen LogP contribution in [0, 0.1) is 0 Å². The van der Waals surface area contributed by atoms with Gasteiger partial charge in [-0.3, -0.25) is 0 Å². The first kappa shape index (κ1) is 7.38. The molecule has 0 spiro atoms. The van der Waals surface area contributed by atoms with E-state index < -0.39 is 8.53 Å². The molecule has 3 N–H and O–H groups in total. The fraction of sp³-hybridized carbons (Fsp3) is 1.00. The molecule has 0 aromatic rings. The van der Waals surface area contributed by atoms with E-state index in [9.17, 15) is 0 Å². The van der Waals surface area contributed by atoms with E-state index >= 15 is 0 Å². The molecule has 1 heterocycles. The maximum atomic E-state index is 5.21. The lowest BCUT2D eigenvalue weighted by atomic mass is 10.8. The van der Waals surface area contributed by atoms with E-state index in [2.05, 4.69) is 5.09 Å². The standard InChI is InChI=1S/C4H11N2O2P/c5-1-3-7-9-6-2-4-8-9/h6H,1-5H2. The molecule has 1 atom stereocenters. The zero-order valence-corrected chi connectivity index (χ0v) is 6.06. The largest absolute Gasteiger partial charge is 0.328 e. The predicted molar refractivity (Wildman–Crippen MR) is 35.9 cm³/mol. The number of hydrogen-bond acceptors (Lipinski definition) is 4. The highest BCUT2D eigenvalue weighted by Crippen LogP contribution is 2.35. The molecular weight excluding hydrogens is 139 g/mol. The molecule has 1 aliphatic heterocycles. The summed E-state index contributed by atoms with van der Waals surface area (Å²) in [6.45, 7) is 2.80. The summed E-state index contributed by atoms with van der Waals surface area (Å²) in [5.74, 6) is 0. The van der Waals surface area contributed by atoms with Crippen LogP contribution in [0.4, 0.5) is 0 Å². The second-order valence-corrected chi connectivity index (χ2v) is 2.97. The third kappa shape index (κ3) is 2.56. The van der Waals surface area contributed by atoms with Crippen LogP contribution in [-0.2, 0) is 9.05 Å². The molecule has 9 heavy (non-hydrogen) atoms. The van der Waals surface area contributed by atoms with Gasteiger partial charge in [-0.2, -0.15) is 0 Å². The second-order valence-electron chi connectivity index (χ2n) is 1.62. The van der Waals surface area contributed by atoms with Crippen LogP contribution < -0.4 is 10.8 Å². The molecule has 0 aromatic heterocycles. The summed E-state index contributed by atoms with van der Waals surface area (Å²) in [5, 5.41) is 3.06. The number of nitrogens with two attached hydrogens (primary N) is 1. The van der Waals surface area contributed by atoms with Gasteiger partial charge in [-0.25, -0.2) is 5.09 Å². The third-order valence-electron chi connectivity index (χ3n) is 0.878. The van der Waals surface area contributed by atoms with Crippen LogP contribution in [-0.4, -0.2) is 26.3 Å². The van der Waals surface area contributed by atoms with Gasteiger partial charge in [0.25, 0.3) is 8.53 Å². The Labute approximate surface area is 55.7 Å². The van der Waals surface area contributed by atoms with Crippen molar-refractivity contribution in [1.82, 2.24) is 5.09 Å². The van der Waals surface area contributed by atoms with Gasteiger partial charge in [0.15, 0.2) is 0 Å². The molecule has 0 aliphatic carbocycles. The number of nitrogens with one attached hydrogen (secondary N) is 1. The van der Waals surface area contributed by atoms with Crippen molar-refractivity contribution in [1.29, 1.82) is 0 Å². The second kappa shape index (κ2) is 4.14. The molecule has 1 aliphatic rings. The van der Waals surface area contributed by atoms with E-state index in [1.807, 2.05) is 0 Å². The molecule has 0 aromatic carbocycles. The van der Waals surface area contributed by atoms with Gasteiger partial charge in [0.2, 0.25) is 0 Å². The first-order chi connectivity index (χ1) is 4.43. The van der Waals surface area contributed by atoms with E-state index in [1.165, 1.54) is 0 Å². The van der Waals surface area contributed by atoms with Gasteiger partial charge in [-0.1, -0.05) is 0 Å². The van der Waals surface area contributed by atoms with Crippen molar-refractivity contribution in [2.45, 2.75) is 0 Å². The maximum absolute atomic E-state index is 5.21. The molecule has 1 unspecified atom stereocenters. The maximum Gasteiger partial charge on any atom is 0.255 e. The predicted octanol–water partition coefficient (Wildman–Crippen LogP) is -0.192. The Balaban J connectivity index is 1.98. The summed E-state index contributed by atoms with van der Waals surface area (Å²) < 4.78 is 10.3. The van der Waals surface area contributed by atoms with Gasteiger partial charge < -0.3 is 14.8 Å². The molecule has 0 amide bonds. The fourth-order valence-corrected chi connectivity index (χ4v) is 1.59. The first-order valence-electron chi connectivity index (χ1n) is 2.93. The van der Waals surface area contributed by atoms with E-state index in [-0.39, 0.29) is 0 Å². The van der Waals surface area contributed by atoms with Crippen molar-refractivity contribution < 1.29 is 9.05 Å². The highest BCUT2D eigenvalue weighted by atomic mass is 31.2. The van der Waals surface area contributed by atoms with Crippen molar-refractivity contribution >= 4 is 8.53 Å². The van der Waals surface area contributed by atoms with Crippen molar-refractivity contribution in [3.05, 3.63) is 0 Å². The minimum absolute atomic E-state index is 0.559. The molecule has 0 saturated carbocycles. The normalized spacial score (nSPS) is 27.0. The van der Waals surface area contributed by atoms with Crippen LogP contribution in [0.2, 0.25) is 0 Å². The SMILES string of the molecule is NCCOP1NCCO1. The zero-order chi connectivity index (χ0) is 6.53. The fourth-order valence-electron chi connectivity index (χ4n) is 0.530. The van der Waals surface area contributed by atoms with Gasteiger partial charge in [0, 0.05) is 13.1 Å². The van der Waals surface area contributed by atoms with Crippen molar-refractivity contribution in [3.63, 3.8) is 0 Å². The van der Waals surface area contributed by atoms with E-state index in [0.29, 0.717) is 13.2 Å². The minimum Gasteiger partial charge on any atom is -0.328 e. The van der Waals surface area contributed by atoms with Gasteiger partial charge in [0.1, 0.15) is 0 Å². The van der Waals surface area contributed by atoms with E-state index in [0.717, 1.165) is 13.2 Å². The molecule has 1 fully saturated rings. The highest BCUT2D eigenvalue weighted by Gasteiger charge is 2.14. The summed E-state index contributed by atoms with van der Waals surface area (Å²) in [7, 11) is -0.781. The van der Waals surface area contributed by atoms with Crippen LogP contribution in [0.3, 0.4) is 0 Å². The minimum atomic E-state index is -0.781. The van der Waals surface area contributed by atoms with Crippen molar-refractivity contribution in [2.24, 2.45) is 5.73 Å². The van der Waals surface area contributed by atoms with Crippen LogP contribution in [0.25, 0.3) is 0 Å². The van der Waals surface area contributed by atoms with Gasteiger partial charge in [-0.15, -0.1) is 0 Å². The highest BCUT2D eigenvalue weighted by molar-refractivity contribution is 7.45. The summed E-state index contributed by atoms with van der Waals surface area (Å²) in [6.07, 6.45) is 0. The molecule has 1 saturated heterocycles. The van der Waals surface area contributed by atoms with Gasteiger partial charge >= 0.3 is 0 Å². The molecule has 4 nitrogen and oxygen atoms in total. The van der Waals surface area contributed by atoms with Crippen molar-refractivity contribution in [3.8, 4) is 0 Å². The number of rotatable bonds is 3. The average molecular weight is 150 g/mol. The quantitative estimate of drug-likeness (QED) is 0.547. The summed E-state index contributed by atoms with van der Waals surface area (Å²) in [4.78, 5) is 0. The monoisotopic (exact) mass is 150 g/mol. The Kier molecular flexibility index (Phi) is 3.40. The van der Waals surface area contributed by atoms with Crippen molar-refractivity contribution in [2.75, 3.05) is 26.3 Å². The summed E-state index contributed by atoms with van der Waals surface area (Å²) in [5.41, 5.74) is 5.21. The first-order valence-corrected chi connectivity index (χ1v) is 4.11. The molecule has 0 radical (unpaired) electrons. The Hall–Kier alpha value is 0.270. The van der Waals surface area contributed by atoms with Gasteiger partial charge in [-0.05, 0) is 0 Å². The van der Waals surface area contributed by atoms with Crippen LogP contribution in [0.5, 0.6) is 0 Å². The Morgan fingerprint density at radius 2 is 2.67 bits per heavy atom. The smallest absolute Gasteiger partial charge is 0.255 e. The molecule has 54 valence electrons. The van der Waals surface area contributed by atoms with E-state index in [4.69, 9.17) is 14.8 Å². The Bertz CT molecular complexity index is 77.0. The lowest BCUT2D eigenvalue weighted by Gasteiger charge is -2.06. The zero-order valence-electron chi connectivity index (χ0n) is 5.17. The molecule has 5 heteroatoms. The molecular formula is C4H11N2O2P. The lowest BCUT2D eigenvalue weighted by Crippen LogP contribution is -2.09. The number of hydrogen-bond donors (Lipinski definition) is 2. The summed E-state index contributed by atoms with van der Waals surface area (Å²) >= 11 is 0. The molecule has 1 rings (SSSR count). The average Bonchev–Trinajstić information content (AvgIpc) is 2.34. The lowest BCUT2D eigenvalue weighted by molar-refractivity contribution is 0.282. The van der Waals surface area contributed by atoms with Crippen LogP contribution >= 0.6 is 8.53 Å². The van der Waals surface area contributed by atoms with E-state index in [1.54, 1.807) is 0 Å². The topological polar surface area (TPSA) is 56.5 Å². The Morgan fingerprint density at radius 1 is 1.78 bits per heavy atom. The third-order valence-corrected chi connectivity index (χ3v) is 2.19.